The van der Waals surface area contributed by atoms with Crippen LogP contribution in [0.4, 0.5) is 0 Å². The molecule has 0 bridgehead atoms. The number of thiophene rings is 1. The molecule has 2 heterocycles. The normalized spacial score (nSPS) is 16.7. The van der Waals surface area contributed by atoms with Gasteiger partial charge in [-0.25, -0.2) is 0 Å². The van der Waals surface area contributed by atoms with Gasteiger partial charge in [0.15, 0.2) is 0 Å². The van der Waals surface area contributed by atoms with Crippen LogP contribution in [0.25, 0.3) is 11.4 Å². The Kier molecular flexibility index (Phi) is 4.42. The van der Waals surface area contributed by atoms with E-state index in [0.717, 1.165) is 18.4 Å². The molecule has 0 saturated carbocycles. The van der Waals surface area contributed by atoms with Gasteiger partial charge in [0, 0.05) is 23.5 Å². The van der Waals surface area contributed by atoms with Gasteiger partial charge in [0.25, 0.3) is 0 Å². The number of hydrogen-bond donors (Lipinski definition) is 1. The summed E-state index contributed by atoms with van der Waals surface area (Å²) in [6, 6.07) is 10.8. The molecule has 1 aromatic carbocycles. The van der Waals surface area contributed by atoms with Crippen LogP contribution in [0.3, 0.4) is 0 Å². The highest BCUT2D eigenvalue weighted by atomic mass is 32.1. The second-order valence-electron chi connectivity index (χ2n) is 5.97. The van der Waals surface area contributed by atoms with Crippen molar-refractivity contribution in [3.63, 3.8) is 0 Å². The summed E-state index contributed by atoms with van der Waals surface area (Å²) in [5, 5.41) is 17.6. The number of fused-ring (bicyclic) bond motifs is 1. The van der Waals surface area contributed by atoms with Crippen LogP contribution in [0, 0.1) is 0 Å². The summed E-state index contributed by atoms with van der Waals surface area (Å²) in [6.07, 6.45) is 2.14. The van der Waals surface area contributed by atoms with E-state index >= 15 is 0 Å². The van der Waals surface area contributed by atoms with Gasteiger partial charge in [-0.1, -0.05) is 29.4 Å². The lowest BCUT2D eigenvalue weighted by molar-refractivity contribution is 0.128. The molecule has 1 aliphatic carbocycles. The SMILES string of the molecule is OCCN(Cc1nc(-c2ccsc2)no1)[C@@H]1CCc2ccccc21. The molecule has 1 N–H and O–H groups in total. The Hall–Kier alpha value is -2.02. The first kappa shape index (κ1) is 15.5. The first-order valence-electron chi connectivity index (χ1n) is 8.13. The molecule has 0 amide bonds. The van der Waals surface area contributed by atoms with Gasteiger partial charge in [0.2, 0.25) is 11.7 Å². The Labute approximate surface area is 144 Å². The maximum Gasteiger partial charge on any atom is 0.241 e. The number of aliphatic hydroxyl groups excluding tert-OH is 1. The van der Waals surface area contributed by atoms with E-state index in [9.17, 15) is 5.11 Å². The maximum absolute atomic E-state index is 9.47. The van der Waals surface area contributed by atoms with Crippen LogP contribution in [0.1, 0.15) is 29.5 Å². The highest BCUT2D eigenvalue weighted by molar-refractivity contribution is 7.08. The Morgan fingerprint density at radius 3 is 3.04 bits per heavy atom. The molecule has 0 unspecified atom stereocenters. The van der Waals surface area contributed by atoms with Gasteiger partial charge in [-0.3, -0.25) is 4.90 Å². The lowest BCUT2D eigenvalue weighted by atomic mass is 10.1. The Bertz CT molecular complexity index is 800. The van der Waals surface area contributed by atoms with Gasteiger partial charge >= 0.3 is 0 Å². The molecule has 5 nitrogen and oxygen atoms in total. The largest absolute Gasteiger partial charge is 0.395 e. The molecule has 2 aromatic heterocycles. The number of aromatic nitrogens is 2. The summed E-state index contributed by atoms with van der Waals surface area (Å²) < 4.78 is 5.43. The molecule has 0 spiro atoms. The van der Waals surface area contributed by atoms with Crippen molar-refractivity contribution in [2.24, 2.45) is 0 Å². The Morgan fingerprint density at radius 2 is 2.21 bits per heavy atom. The van der Waals surface area contributed by atoms with Gasteiger partial charge in [0.1, 0.15) is 0 Å². The monoisotopic (exact) mass is 341 g/mol. The summed E-state index contributed by atoms with van der Waals surface area (Å²) in [6.45, 7) is 1.26. The number of benzene rings is 1. The lowest BCUT2D eigenvalue weighted by Gasteiger charge is -2.27. The van der Waals surface area contributed by atoms with Crippen LogP contribution in [-0.2, 0) is 13.0 Å². The van der Waals surface area contributed by atoms with Gasteiger partial charge in [-0.15, -0.1) is 0 Å². The fraction of sp³-hybridized carbons (Fsp3) is 0.333. The lowest BCUT2D eigenvalue weighted by Crippen LogP contribution is -2.30. The number of hydrogen-bond acceptors (Lipinski definition) is 6. The Balaban J connectivity index is 1.54. The molecule has 0 saturated heterocycles. The minimum Gasteiger partial charge on any atom is -0.395 e. The third-order valence-electron chi connectivity index (χ3n) is 4.52. The van der Waals surface area contributed by atoms with Gasteiger partial charge in [-0.2, -0.15) is 16.3 Å². The molecule has 6 heteroatoms. The minimum atomic E-state index is 0.115. The van der Waals surface area contributed by atoms with E-state index < -0.39 is 0 Å². The number of rotatable bonds is 6. The molecule has 0 aliphatic heterocycles. The number of aliphatic hydroxyl groups is 1. The van der Waals surface area contributed by atoms with Gasteiger partial charge in [-0.05, 0) is 35.4 Å². The zero-order chi connectivity index (χ0) is 16.4. The van der Waals surface area contributed by atoms with Crippen LogP contribution in [0.5, 0.6) is 0 Å². The molecular weight excluding hydrogens is 322 g/mol. The van der Waals surface area contributed by atoms with E-state index in [-0.39, 0.29) is 6.61 Å². The van der Waals surface area contributed by atoms with E-state index in [1.54, 1.807) is 11.3 Å². The fourth-order valence-electron chi connectivity index (χ4n) is 3.39. The van der Waals surface area contributed by atoms with E-state index in [2.05, 4.69) is 39.3 Å². The van der Waals surface area contributed by atoms with Crippen LogP contribution < -0.4 is 0 Å². The van der Waals surface area contributed by atoms with Crippen molar-refractivity contribution in [2.45, 2.75) is 25.4 Å². The average Bonchev–Trinajstić information content (AvgIpc) is 3.34. The summed E-state index contributed by atoms with van der Waals surface area (Å²) in [4.78, 5) is 6.74. The van der Waals surface area contributed by atoms with E-state index in [0.29, 0.717) is 30.8 Å². The fourth-order valence-corrected chi connectivity index (χ4v) is 4.02. The molecule has 0 fully saturated rings. The van der Waals surface area contributed by atoms with Crippen molar-refractivity contribution in [3.8, 4) is 11.4 Å². The van der Waals surface area contributed by atoms with Crippen molar-refractivity contribution in [2.75, 3.05) is 13.2 Å². The third kappa shape index (κ3) is 3.00. The van der Waals surface area contributed by atoms with Crippen LogP contribution in [-0.4, -0.2) is 33.3 Å². The smallest absolute Gasteiger partial charge is 0.241 e. The molecule has 4 rings (SSSR count). The van der Waals surface area contributed by atoms with E-state index in [1.807, 2.05) is 16.8 Å². The number of nitrogens with zero attached hydrogens (tertiary/aromatic N) is 3. The molecule has 0 radical (unpaired) electrons. The van der Waals surface area contributed by atoms with Crippen molar-refractivity contribution in [1.82, 2.24) is 15.0 Å². The summed E-state index contributed by atoms with van der Waals surface area (Å²) in [5.41, 5.74) is 3.73. The summed E-state index contributed by atoms with van der Waals surface area (Å²) in [5.74, 6) is 1.22. The van der Waals surface area contributed by atoms with Crippen molar-refractivity contribution >= 4 is 11.3 Å². The van der Waals surface area contributed by atoms with Crippen LogP contribution >= 0.6 is 11.3 Å². The molecular formula is C18H19N3O2S. The zero-order valence-corrected chi connectivity index (χ0v) is 14.1. The third-order valence-corrected chi connectivity index (χ3v) is 5.20. The summed E-state index contributed by atoms with van der Waals surface area (Å²) >= 11 is 1.61. The highest BCUT2D eigenvalue weighted by Crippen LogP contribution is 2.36. The quantitative estimate of drug-likeness (QED) is 0.745. The van der Waals surface area contributed by atoms with Crippen molar-refractivity contribution < 1.29 is 9.63 Å². The van der Waals surface area contributed by atoms with Gasteiger partial charge in [0.05, 0.1) is 13.2 Å². The van der Waals surface area contributed by atoms with Crippen molar-refractivity contribution in [3.05, 3.63) is 58.1 Å². The predicted molar refractivity (Wildman–Crippen MR) is 92.6 cm³/mol. The standard InChI is InChI=1S/C18H19N3O2S/c22-9-8-21(16-6-5-13-3-1-2-4-15(13)16)11-17-19-18(20-23-17)14-7-10-24-12-14/h1-4,7,10,12,16,22H,5-6,8-9,11H2/t16-/m1/s1. The zero-order valence-electron chi connectivity index (χ0n) is 13.3. The van der Waals surface area contributed by atoms with E-state index in [1.165, 1.54) is 11.1 Å². The van der Waals surface area contributed by atoms with Crippen LogP contribution in [0.15, 0.2) is 45.6 Å². The molecule has 1 atom stereocenters. The molecule has 124 valence electrons. The number of aryl methyl sites for hydroxylation is 1. The molecule has 3 aromatic rings. The minimum absolute atomic E-state index is 0.115. The second kappa shape index (κ2) is 6.84. The maximum atomic E-state index is 9.47. The topological polar surface area (TPSA) is 62.4 Å². The van der Waals surface area contributed by atoms with Gasteiger partial charge < -0.3 is 9.63 Å². The predicted octanol–water partition coefficient (Wildman–Crippen LogP) is 3.28. The van der Waals surface area contributed by atoms with Crippen molar-refractivity contribution in [1.29, 1.82) is 0 Å². The molecule has 1 aliphatic rings. The van der Waals surface area contributed by atoms with E-state index in [4.69, 9.17) is 4.52 Å². The highest BCUT2D eigenvalue weighted by Gasteiger charge is 2.28. The average molecular weight is 341 g/mol. The second-order valence-corrected chi connectivity index (χ2v) is 6.75. The summed E-state index contributed by atoms with van der Waals surface area (Å²) in [7, 11) is 0. The first-order valence-corrected chi connectivity index (χ1v) is 9.07. The van der Waals surface area contributed by atoms with Crippen LogP contribution in [0.2, 0.25) is 0 Å². The Morgan fingerprint density at radius 1 is 1.29 bits per heavy atom. The first-order chi connectivity index (χ1) is 11.8. The molecule has 24 heavy (non-hydrogen) atoms.